The van der Waals surface area contributed by atoms with Gasteiger partial charge in [-0.1, -0.05) is 6.92 Å². The lowest BCUT2D eigenvalue weighted by Crippen LogP contribution is -2.45. The molecule has 0 aliphatic carbocycles. The second-order valence-corrected chi connectivity index (χ2v) is 5.19. The van der Waals surface area contributed by atoms with Crippen molar-refractivity contribution in [2.24, 2.45) is 5.84 Å². The van der Waals surface area contributed by atoms with E-state index >= 15 is 0 Å². The Bertz CT molecular complexity index is 399. The number of nitrogen functional groups attached to an aromatic ring is 1. The number of likely N-dealkylation sites (N-methyl/N-ethyl adjacent to an activating group) is 2. The van der Waals surface area contributed by atoms with E-state index in [0.29, 0.717) is 11.9 Å². The molecule has 0 bridgehead atoms. The Labute approximate surface area is 115 Å². The SMILES string of the molecule is CCc1nc(NN)cc(N(C)C2CCCN(C)C2)n1. The molecule has 0 spiro atoms. The quantitative estimate of drug-likeness (QED) is 0.621. The minimum Gasteiger partial charge on any atom is -0.355 e. The number of piperidine rings is 1. The van der Waals surface area contributed by atoms with E-state index in [1.807, 2.05) is 13.0 Å². The number of nitrogens with zero attached hydrogens (tertiary/aromatic N) is 4. The molecular formula is C13H24N6. The van der Waals surface area contributed by atoms with Gasteiger partial charge in [0.1, 0.15) is 17.5 Å². The molecule has 6 heteroatoms. The summed E-state index contributed by atoms with van der Waals surface area (Å²) in [5.74, 6) is 7.92. The Balaban J connectivity index is 2.19. The van der Waals surface area contributed by atoms with Crippen LogP contribution in [0.5, 0.6) is 0 Å². The van der Waals surface area contributed by atoms with Gasteiger partial charge in [-0.3, -0.25) is 0 Å². The molecule has 6 nitrogen and oxygen atoms in total. The van der Waals surface area contributed by atoms with Gasteiger partial charge in [-0.25, -0.2) is 15.8 Å². The van der Waals surface area contributed by atoms with Crippen LogP contribution in [0.15, 0.2) is 6.07 Å². The highest BCUT2D eigenvalue weighted by molar-refractivity contribution is 5.49. The number of anilines is 2. The molecule has 19 heavy (non-hydrogen) atoms. The Kier molecular flexibility index (Phi) is 4.55. The van der Waals surface area contributed by atoms with Crippen molar-refractivity contribution in [3.63, 3.8) is 0 Å². The Morgan fingerprint density at radius 3 is 2.95 bits per heavy atom. The van der Waals surface area contributed by atoms with Crippen LogP contribution < -0.4 is 16.2 Å². The fourth-order valence-electron chi connectivity index (χ4n) is 2.54. The van der Waals surface area contributed by atoms with Crippen molar-refractivity contribution in [2.75, 3.05) is 37.5 Å². The van der Waals surface area contributed by atoms with E-state index in [9.17, 15) is 0 Å². The van der Waals surface area contributed by atoms with Gasteiger partial charge in [0.2, 0.25) is 0 Å². The van der Waals surface area contributed by atoms with Crippen molar-refractivity contribution in [2.45, 2.75) is 32.2 Å². The molecule has 1 unspecified atom stereocenters. The lowest BCUT2D eigenvalue weighted by molar-refractivity contribution is 0.247. The molecule has 1 aliphatic heterocycles. The van der Waals surface area contributed by atoms with Crippen LogP contribution in [-0.2, 0) is 6.42 Å². The maximum Gasteiger partial charge on any atom is 0.145 e. The van der Waals surface area contributed by atoms with E-state index in [0.717, 1.165) is 24.6 Å². The predicted molar refractivity (Wildman–Crippen MR) is 78.1 cm³/mol. The largest absolute Gasteiger partial charge is 0.355 e. The minimum absolute atomic E-state index is 0.504. The van der Waals surface area contributed by atoms with Crippen molar-refractivity contribution in [3.05, 3.63) is 11.9 Å². The van der Waals surface area contributed by atoms with E-state index in [2.05, 4.69) is 39.3 Å². The van der Waals surface area contributed by atoms with Crippen molar-refractivity contribution in [1.82, 2.24) is 14.9 Å². The minimum atomic E-state index is 0.504. The molecule has 0 saturated carbocycles. The Morgan fingerprint density at radius 2 is 2.32 bits per heavy atom. The standard InChI is InChI=1S/C13H24N6/c1-4-11-15-12(17-14)8-13(16-11)19(3)10-6-5-7-18(2)9-10/h8,10H,4-7,9,14H2,1-3H3,(H,15,16,17). The lowest BCUT2D eigenvalue weighted by atomic mass is 10.1. The molecule has 0 aromatic carbocycles. The number of hydrogen-bond acceptors (Lipinski definition) is 6. The van der Waals surface area contributed by atoms with E-state index < -0.39 is 0 Å². The maximum atomic E-state index is 5.48. The van der Waals surface area contributed by atoms with Gasteiger partial charge in [-0.15, -0.1) is 0 Å². The first-order valence-electron chi connectivity index (χ1n) is 6.90. The molecule has 0 radical (unpaired) electrons. The molecular weight excluding hydrogens is 240 g/mol. The first-order valence-corrected chi connectivity index (χ1v) is 6.90. The number of aryl methyl sites for hydroxylation is 1. The average molecular weight is 264 g/mol. The summed E-state index contributed by atoms with van der Waals surface area (Å²) in [4.78, 5) is 13.5. The van der Waals surface area contributed by atoms with Crippen molar-refractivity contribution in [3.8, 4) is 0 Å². The van der Waals surface area contributed by atoms with Crippen LogP contribution in [0.1, 0.15) is 25.6 Å². The summed E-state index contributed by atoms with van der Waals surface area (Å²) in [7, 11) is 4.27. The molecule has 2 rings (SSSR count). The zero-order valence-corrected chi connectivity index (χ0v) is 12.1. The smallest absolute Gasteiger partial charge is 0.145 e. The number of aromatic nitrogens is 2. The van der Waals surface area contributed by atoms with Crippen LogP contribution in [0, 0.1) is 0 Å². The van der Waals surface area contributed by atoms with Crippen molar-refractivity contribution >= 4 is 11.6 Å². The summed E-state index contributed by atoms with van der Waals surface area (Å²) >= 11 is 0. The number of hydrazine groups is 1. The van der Waals surface area contributed by atoms with Gasteiger partial charge < -0.3 is 15.2 Å². The summed E-state index contributed by atoms with van der Waals surface area (Å²) in [5, 5.41) is 0. The van der Waals surface area contributed by atoms with Crippen LogP contribution in [0.25, 0.3) is 0 Å². The van der Waals surface area contributed by atoms with Crippen molar-refractivity contribution in [1.29, 1.82) is 0 Å². The fourth-order valence-corrected chi connectivity index (χ4v) is 2.54. The molecule has 0 amide bonds. The molecule has 2 heterocycles. The maximum absolute atomic E-state index is 5.48. The second kappa shape index (κ2) is 6.16. The zero-order valence-electron chi connectivity index (χ0n) is 12.1. The first-order chi connectivity index (χ1) is 9.13. The van der Waals surface area contributed by atoms with Crippen molar-refractivity contribution < 1.29 is 0 Å². The zero-order chi connectivity index (χ0) is 13.8. The van der Waals surface area contributed by atoms with E-state index in [4.69, 9.17) is 5.84 Å². The highest BCUT2D eigenvalue weighted by Crippen LogP contribution is 2.21. The van der Waals surface area contributed by atoms with Crippen LogP contribution >= 0.6 is 0 Å². The summed E-state index contributed by atoms with van der Waals surface area (Å²) in [6.07, 6.45) is 3.25. The second-order valence-electron chi connectivity index (χ2n) is 5.19. The molecule has 1 fully saturated rings. The molecule has 1 aromatic rings. The number of likely N-dealkylation sites (tertiary alicyclic amines) is 1. The third kappa shape index (κ3) is 3.33. The third-order valence-electron chi connectivity index (χ3n) is 3.73. The Hall–Kier alpha value is -1.40. The van der Waals surface area contributed by atoms with E-state index in [-0.39, 0.29) is 0 Å². The van der Waals surface area contributed by atoms with Gasteiger partial charge in [0.15, 0.2) is 0 Å². The average Bonchev–Trinajstić information content (AvgIpc) is 2.45. The highest BCUT2D eigenvalue weighted by atomic mass is 15.3. The van der Waals surface area contributed by atoms with E-state index in [1.54, 1.807) is 0 Å². The summed E-state index contributed by atoms with van der Waals surface area (Å²) in [5.41, 5.74) is 2.62. The normalized spacial score (nSPS) is 20.3. The first kappa shape index (κ1) is 14.0. The number of nitrogens with two attached hydrogens (primary N) is 1. The number of nitrogens with one attached hydrogen (secondary N) is 1. The van der Waals surface area contributed by atoms with Gasteiger partial charge in [-0.05, 0) is 26.4 Å². The van der Waals surface area contributed by atoms with Crippen LogP contribution in [-0.4, -0.2) is 48.1 Å². The fraction of sp³-hybridized carbons (Fsp3) is 0.692. The van der Waals surface area contributed by atoms with E-state index in [1.165, 1.54) is 19.4 Å². The van der Waals surface area contributed by atoms with Crippen LogP contribution in [0.2, 0.25) is 0 Å². The molecule has 1 atom stereocenters. The summed E-state index contributed by atoms with van der Waals surface area (Å²) in [6.45, 7) is 4.31. The van der Waals surface area contributed by atoms with Crippen LogP contribution in [0.4, 0.5) is 11.6 Å². The molecule has 1 aliphatic rings. The topological polar surface area (TPSA) is 70.3 Å². The van der Waals surface area contributed by atoms with Gasteiger partial charge >= 0.3 is 0 Å². The molecule has 3 N–H and O–H groups in total. The summed E-state index contributed by atoms with van der Waals surface area (Å²) in [6, 6.07) is 2.41. The highest BCUT2D eigenvalue weighted by Gasteiger charge is 2.22. The Morgan fingerprint density at radius 1 is 1.53 bits per heavy atom. The van der Waals surface area contributed by atoms with Gasteiger partial charge in [-0.2, -0.15) is 0 Å². The van der Waals surface area contributed by atoms with Gasteiger partial charge in [0.05, 0.1) is 0 Å². The molecule has 1 aromatic heterocycles. The summed E-state index contributed by atoms with van der Waals surface area (Å²) < 4.78 is 0. The third-order valence-corrected chi connectivity index (χ3v) is 3.73. The predicted octanol–water partition coefficient (Wildman–Crippen LogP) is 0.855. The van der Waals surface area contributed by atoms with Gasteiger partial charge in [0, 0.05) is 32.1 Å². The molecule has 1 saturated heterocycles. The molecule has 106 valence electrons. The lowest BCUT2D eigenvalue weighted by Gasteiger charge is -2.36. The number of hydrogen-bond donors (Lipinski definition) is 2. The van der Waals surface area contributed by atoms with Gasteiger partial charge in [0.25, 0.3) is 0 Å². The number of rotatable bonds is 4. The van der Waals surface area contributed by atoms with Crippen LogP contribution in [0.3, 0.4) is 0 Å². The monoisotopic (exact) mass is 264 g/mol.